The van der Waals surface area contributed by atoms with Gasteiger partial charge in [-0.15, -0.1) is 11.3 Å². The molecule has 1 aromatic heterocycles. The molecular formula is C17H17BrN2O4S. The molecule has 0 saturated carbocycles. The summed E-state index contributed by atoms with van der Waals surface area (Å²) in [4.78, 5) is 36.7. The van der Waals surface area contributed by atoms with Crippen LogP contribution in [0, 0.1) is 13.8 Å². The number of carbonyl (C=O) groups excluding carboxylic acids is 3. The van der Waals surface area contributed by atoms with Crippen molar-refractivity contribution in [3.8, 4) is 0 Å². The number of hydrogen-bond donors (Lipinski definition) is 2. The quantitative estimate of drug-likeness (QED) is 0.697. The van der Waals surface area contributed by atoms with Gasteiger partial charge in [0, 0.05) is 15.0 Å². The van der Waals surface area contributed by atoms with Crippen molar-refractivity contribution in [3.05, 3.63) is 50.1 Å². The Kier molecular flexibility index (Phi) is 6.72. The van der Waals surface area contributed by atoms with E-state index in [1.165, 1.54) is 11.3 Å². The Morgan fingerprint density at radius 1 is 1.12 bits per heavy atom. The fourth-order valence-electron chi connectivity index (χ4n) is 1.94. The zero-order chi connectivity index (χ0) is 18.4. The van der Waals surface area contributed by atoms with Gasteiger partial charge >= 0.3 is 5.97 Å². The summed E-state index contributed by atoms with van der Waals surface area (Å²) in [6.07, 6.45) is 0. The normalized spacial score (nSPS) is 10.2. The highest BCUT2D eigenvalue weighted by molar-refractivity contribution is 9.10. The second-order valence-electron chi connectivity index (χ2n) is 5.27. The maximum atomic E-state index is 11.9. The number of ether oxygens (including phenoxy) is 1. The monoisotopic (exact) mass is 424 g/mol. The maximum absolute atomic E-state index is 11.9. The fourth-order valence-corrected chi connectivity index (χ4v) is 3.17. The number of rotatable bonds is 6. The number of thiophene rings is 1. The molecule has 132 valence electrons. The molecule has 0 unspecified atom stereocenters. The van der Waals surface area contributed by atoms with Crippen molar-refractivity contribution < 1.29 is 19.1 Å². The van der Waals surface area contributed by atoms with E-state index in [1.54, 1.807) is 18.2 Å². The molecule has 0 aliphatic rings. The van der Waals surface area contributed by atoms with Gasteiger partial charge in [-0.2, -0.15) is 0 Å². The minimum atomic E-state index is -0.553. The summed E-state index contributed by atoms with van der Waals surface area (Å²) < 4.78 is 5.82. The molecule has 0 aliphatic carbocycles. The van der Waals surface area contributed by atoms with Crippen LogP contribution < -0.4 is 10.6 Å². The lowest BCUT2D eigenvalue weighted by Crippen LogP contribution is -2.35. The van der Waals surface area contributed by atoms with Crippen LogP contribution in [0.4, 0.5) is 5.69 Å². The summed E-state index contributed by atoms with van der Waals surface area (Å²) in [5, 5.41) is 5.12. The van der Waals surface area contributed by atoms with Gasteiger partial charge < -0.3 is 15.4 Å². The van der Waals surface area contributed by atoms with Crippen molar-refractivity contribution in [1.29, 1.82) is 0 Å². The van der Waals surface area contributed by atoms with Crippen LogP contribution in [-0.4, -0.2) is 30.9 Å². The van der Waals surface area contributed by atoms with E-state index in [0.717, 1.165) is 14.9 Å². The molecule has 0 spiro atoms. The molecule has 2 amide bonds. The van der Waals surface area contributed by atoms with Crippen molar-refractivity contribution in [2.75, 3.05) is 18.5 Å². The number of nitrogens with one attached hydrogen (secondary N) is 2. The molecule has 0 bridgehead atoms. The summed E-state index contributed by atoms with van der Waals surface area (Å²) in [6, 6.07) is 8.90. The Bertz CT molecular complexity index is 804. The molecule has 1 heterocycles. The molecule has 8 heteroatoms. The van der Waals surface area contributed by atoms with E-state index < -0.39 is 18.5 Å². The van der Waals surface area contributed by atoms with Crippen LogP contribution in [0.2, 0.25) is 0 Å². The molecular weight excluding hydrogens is 408 g/mol. The summed E-state index contributed by atoms with van der Waals surface area (Å²) in [7, 11) is 0. The van der Waals surface area contributed by atoms with Crippen molar-refractivity contribution >= 4 is 50.7 Å². The maximum Gasteiger partial charge on any atom is 0.348 e. The van der Waals surface area contributed by atoms with Crippen LogP contribution in [0.3, 0.4) is 0 Å². The second-order valence-corrected chi connectivity index (χ2v) is 7.47. The third-order valence-corrected chi connectivity index (χ3v) is 4.66. The van der Waals surface area contributed by atoms with E-state index >= 15 is 0 Å². The molecule has 0 radical (unpaired) electrons. The number of anilines is 1. The molecule has 2 rings (SSSR count). The lowest BCUT2D eigenvalue weighted by Gasteiger charge is -2.09. The third-order valence-electron chi connectivity index (χ3n) is 3.18. The summed E-state index contributed by atoms with van der Waals surface area (Å²) in [5.74, 6) is -1.45. The second kappa shape index (κ2) is 8.77. The number of benzene rings is 1. The van der Waals surface area contributed by atoms with Crippen LogP contribution in [-0.2, 0) is 14.3 Å². The molecule has 25 heavy (non-hydrogen) atoms. The number of hydrogen-bond acceptors (Lipinski definition) is 5. The highest BCUT2D eigenvalue weighted by Gasteiger charge is 2.13. The average Bonchev–Trinajstić information content (AvgIpc) is 3.00. The van der Waals surface area contributed by atoms with Gasteiger partial charge in [-0.3, -0.25) is 9.59 Å². The molecule has 6 nitrogen and oxygen atoms in total. The topological polar surface area (TPSA) is 84.5 Å². The molecule has 0 saturated heterocycles. The SMILES string of the molecule is Cc1ccc(C(=O)OCC(=O)NCC(=O)Nc2ccc(Br)cc2C)s1. The number of amides is 2. The standard InChI is InChI=1S/C17H17BrN2O4S/c1-10-7-12(18)4-5-13(10)20-15(21)8-19-16(22)9-24-17(23)14-6-3-11(2)25-14/h3-7H,8-9H2,1-2H3,(H,19,22)(H,20,21). The van der Waals surface area contributed by atoms with Gasteiger partial charge in [0.25, 0.3) is 5.91 Å². The highest BCUT2D eigenvalue weighted by atomic mass is 79.9. The zero-order valence-corrected chi connectivity index (χ0v) is 16.1. The van der Waals surface area contributed by atoms with E-state index in [4.69, 9.17) is 4.74 Å². The molecule has 1 aromatic carbocycles. The van der Waals surface area contributed by atoms with Gasteiger partial charge in [0.1, 0.15) is 4.88 Å². The fraction of sp³-hybridized carbons (Fsp3) is 0.235. The lowest BCUT2D eigenvalue weighted by molar-refractivity contribution is -0.126. The van der Waals surface area contributed by atoms with Crippen molar-refractivity contribution in [2.24, 2.45) is 0 Å². The number of halogens is 1. The highest BCUT2D eigenvalue weighted by Crippen LogP contribution is 2.19. The van der Waals surface area contributed by atoms with Crippen LogP contribution in [0.25, 0.3) is 0 Å². The van der Waals surface area contributed by atoms with Crippen molar-refractivity contribution in [2.45, 2.75) is 13.8 Å². The smallest absolute Gasteiger partial charge is 0.348 e. The third kappa shape index (κ3) is 5.99. The van der Waals surface area contributed by atoms with E-state index in [1.807, 2.05) is 26.0 Å². The minimum absolute atomic E-state index is 0.204. The first-order valence-electron chi connectivity index (χ1n) is 7.41. The van der Waals surface area contributed by atoms with Gasteiger partial charge in [0.05, 0.1) is 6.54 Å². The first-order valence-corrected chi connectivity index (χ1v) is 9.02. The summed E-state index contributed by atoms with van der Waals surface area (Å²) >= 11 is 4.64. The summed E-state index contributed by atoms with van der Waals surface area (Å²) in [6.45, 7) is 3.11. The number of esters is 1. The van der Waals surface area contributed by atoms with E-state index in [9.17, 15) is 14.4 Å². The largest absolute Gasteiger partial charge is 0.451 e. The minimum Gasteiger partial charge on any atom is -0.451 e. The molecule has 0 atom stereocenters. The van der Waals surface area contributed by atoms with Crippen LogP contribution >= 0.6 is 27.3 Å². The predicted octanol–water partition coefficient (Wildman–Crippen LogP) is 3.04. The Morgan fingerprint density at radius 2 is 1.88 bits per heavy atom. The predicted molar refractivity (Wildman–Crippen MR) is 99.9 cm³/mol. The van der Waals surface area contributed by atoms with Crippen molar-refractivity contribution in [3.63, 3.8) is 0 Å². The first-order chi connectivity index (χ1) is 11.8. The molecule has 2 N–H and O–H groups in total. The van der Waals surface area contributed by atoms with Crippen LogP contribution in [0.1, 0.15) is 20.1 Å². The molecule has 2 aromatic rings. The van der Waals surface area contributed by atoms with Gasteiger partial charge in [0.2, 0.25) is 5.91 Å². The molecule has 0 aliphatic heterocycles. The Labute approximate surface area is 157 Å². The average molecular weight is 425 g/mol. The van der Waals surface area contributed by atoms with E-state index in [-0.39, 0.29) is 12.5 Å². The number of carbonyl (C=O) groups is 3. The number of aryl methyl sites for hydroxylation is 2. The Balaban J connectivity index is 1.74. The zero-order valence-electron chi connectivity index (χ0n) is 13.7. The van der Waals surface area contributed by atoms with E-state index in [2.05, 4.69) is 26.6 Å². The Morgan fingerprint density at radius 3 is 2.52 bits per heavy atom. The van der Waals surface area contributed by atoms with E-state index in [0.29, 0.717) is 10.6 Å². The van der Waals surface area contributed by atoms with Gasteiger partial charge in [-0.05, 0) is 49.7 Å². The van der Waals surface area contributed by atoms with Crippen LogP contribution in [0.15, 0.2) is 34.8 Å². The summed E-state index contributed by atoms with van der Waals surface area (Å²) in [5.41, 5.74) is 1.57. The lowest BCUT2D eigenvalue weighted by atomic mass is 10.2. The van der Waals surface area contributed by atoms with Gasteiger partial charge in [0.15, 0.2) is 6.61 Å². The molecule has 0 fully saturated rings. The van der Waals surface area contributed by atoms with Gasteiger partial charge in [-0.1, -0.05) is 15.9 Å². The van der Waals surface area contributed by atoms with Gasteiger partial charge in [-0.25, -0.2) is 4.79 Å². The Hall–Kier alpha value is -2.19. The first kappa shape index (κ1) is 19.1. The van der Waals surface area contributed by atoms with Crippen molar-refractivity contribution in [1.82, 2.24) is 5.32 Å². The van der Waals surface area contributed by atoms with Crippen LogP contribution in [0.5, 0.6) is 0 Å².